The zero-order chi connectivity index (χ0) is 40.0. The molecule has 293 valence electrons. The van der Waals surface area contributed by atoms with Gasteiger partial charge in [-0.1, -0.05) is 131 Å². The second kappa shape index (κ2) is 16.4. The van der Waals surface area contributed by atoms with Gasteiger partial charge in [0.1, 0.15) is 5.58 Å². The van der Waals surface area contributed by atoms with Gasteiger partial charge in [0.05, 0.1) is 37.4 Å². The first-order valence-electron chi connectivity index (χ1n) is 19.4. The van der Waals surface area contributed by atoms with Crippen molar-refractivity contribution in [3.63, 3.8) is 0 Å². The first kappa shape index (κ1) is 42.5. The molecular weight excluding hydrogens is 877 g/mol. The van der Waals surface area contributed by atoms with Crippen molar-refractivity contribution >= 4 is 35.2 Å². The molecule has 0 aliphatic rings. The van der Waals surface area contributed by atoms with E-state index in [1.54, 1.807) is 0 Å². The Bertz CT molecular complexity index is 2510. The fourth-order valence-electron chi connectivity index (χ4n) is 7.49. The normalized spacial score (nSPS) is 11.8. The molecule has 3 nitrogen and oxygen atoms in total. The molecular formula is C51H58IrN2OSi-2. The van der Waals surface area contributed by atoms with E-state index in [0.717, 1.165) is 62.0 Å². The van der Waals surface area contributed by atoms with Crippen molar-refractivity contribution in [2.45, 2.75) is 80.4 Å². The standard InChI is InChI=1S/C31H30NO.C20H28NSi.Ir/c1-20-7-9-23(10-8-20)24-11-12-25-27-18-26(21(2)15-29(27)33-30(25)17-24)28-16-22(13-14-32(28)6)19-31(3,4)5;1-14(2)17-9-10-18(15(3)11-17)19-12-16(4)20(13-21(19)5)22(6,7)8;/h7-18H,2,6,19H2,1,3-5H3;9-14H,3,5H2,1-2,4,6-8H3;/q2*-1;. The second-order valence-electron chi connectivity index (χ2n) is 17.9. The summed E-state index contributed by atoms with van der Waals surface area (Å²) in [5.74, 6) is 0.525. The summed E-state index contributed by atoms with van der Waals surface area (Å²) < 4.78 is 10.2. The van der Waals surface area contributed by atoms with Crippen molar-refractivity contribution in [3.05, 3.63) is 165 Å². The van der Waals surface area contributed by atoms with E-state index < -0.39 is 8.07 Å². The van der Waals surface area contributed by atoms with Gasteiger partial charge in [0.2, 0.25) is 0 Å². The molecule has 0 spiro atoms. The molecule has 0 bridgehead atoms. The molecule has 4 aromatic carbocycles. The number of nitrogens with zero attached hydrogens (tertiary/aromatic N) is 2. The van der Waals surface area contributed by atoms with Gasteiger partial charge in [0, 0.05) is 45.0 Å². The zero-order valence-corrected chi connectivity index (χ0v) is 38.5. The minimum atomic E-state index is -1.35. The summed E-state index contributed by atoms with van der Waals surface area (Å²) in [5.41, 5.74) is 16.0. The Labute approximate surface area is 351 Å². The fraction of sp³-hybridized carbons (Fsp3) is 0.255. The Balaban J connectivity index is 0.000000229. The van der Waals surface area contributed by atoms with E-state index in [2.05, 4.69) is 187 Å². The third kappa shape index (κ3) is 9.29. The van der Waals surface area contributed by atoms with E-state index in [1.165, 1.54) is 38.6 Å². The fourth-order valence-corrected chi connectivity index (χ4v) is 9.29. The summed E-state index contributed by atoms with van der Waals surface area (Å²) in [7, 11) is 7.10. The zero-order valence-electron chi connectivity index (χ0n) is 35.1. The number of hydrogen-bond acceptors (Lipinski definition) is 1. The topological polar surface area (TPSA) is 20.9 Å². The van der Waals surface area contributed by atoms with Gasteiger partial charge in [0.15, 0.2) is 0 Å². The summed E-state index contributed by atoms with van der Waals surface area (Å²) >= 11 is 0. The van der Waals surface area contributed by atoms with Crippen LogP contribution in [0.4, 0.5) is 0 Å². The molecule has 3 heterocycles. The van der Waals surface area contributed by atoms with Crippen molar-refractivity contribution in [1.82, 2.24) is 0 Å². The molecule has 0 amide bonds. The van der Waals surface area contributed by atoms with Crippen LogP contribution < -0.4 is 14.3 Å². The SMILES string of the molecule is [CH2-]c1cc(C(C)C)ccc1-c1cc(C)c([Si](C)(C)C)c[n+]1[CH2-].[CH2-]c1cc2oc3cc(-c4ccc(C)cc4)ccc3c2cc1-c1cc(CC(C)(C)C)cc[n+]1[CH2-].[Ir]. The Hall–Kier alpha value is -4.67. The number of rotatable bonds is 6. The maximum atomic E-state index is 6.27. The summed E-state index contributed by atoms with van der Waals surface area (Å²) in [4.78, 5) is 0. The van der Waals surface area contributed by atoms with Crippen LogP contribution >= 0.6 is 0 Å². The molecule has 7 rings (SSSR count). The Morgan fingerprint density at radius 1 is 0.679 bits per heavy atom. The monoisotopic (exact) mass is 935 g/mol. The summed E-state index contributed by atoms with van der Waals surface area (Å²) in [6.45, 7) is 31.2. The average molecular weight is 935 g/mol. The Morgan fingerprint density at radius 2 is 1.30 bits per heavy atom. The molecule has 0 aliphatic carbocycles. The van der Waals surface area contributed by atoms with Crippen molar-refractivity contribution in [1.29, 1.82) is 0 Å². The quantitative estimate of drug-likeness (QED) is 0.0925. The molecule has 0 saturated carbocycles. The van der Waals surface area contributed by atoms with E-state index in [9.17, 15) is 0 Å². The van der Waals surface area contributed by atoms with E-state index in [1.807, 2.05) is 21.4 Å². The molecule has 1 radical (unpaired) electrons. The summed E-state index contributed by atoms with van der Waals surface area (Å²) in [5, 5.41) is 3.68. The third-order valence-electron chi connectivity index (χ3n) is 10.4. The van der Waals surface area contributed by atoms with Gasteiger partial charge in [0.25, 0.3) is 0 Å². The number of pyridine rings is 2. The average Bonchev–Trinajstić information content (AvgIpc) is 3.45. The minimum Gasteiger partial charge on any atom is -0.469 e. The summed E-state index contributed by atoms with van der Waals surface area (Å²) in [6.07, 6.45) is 5.26. The molecule has 0 aliphatic heterocycles. The van der Waals surface area contributed by atoms with Crippen LogP contribution in [0.2, 0.25) is 19.6 Å². The molecule has 3 aromatic heterocycles. The number of hydrogen-bond donors (Lipinski definition) is 0. The van der Waals surface area contributed by atoms with E-state index in [0.29, 0.717) is 5.92 Å². The van der Waals surface area contributed by atoms with Crippen LogP contribution in [0.15, 0.2) is 108 Å². The Kier molecular flexibility index (Phi) is 12.5. The maximum absolute atomic E-state index is 6.27. The van der Waals surface area contributed by atoms with Gasteiger partial charge in [-0.05, 0) is 54.9 Å². The number of fused-ring (bicyclic) bond motifs is 3. The smallest absolute Gasteiger partial charge is 0.134 e. The van der Waals surface area contributed by atoms with Crippen LogP contribution in [0.1, 0.15) is 73.9 Å². The van der Waals surface area contributed by atoms with Crippen molar-refractivity contribution in [2.75, 3.05) is 0 Å². The minimum absolute atomic E-state index is 0. The van der Waals surface area contributed by atoms with E-state index >= 15 is 0 Å². The van der Waals surface area contributed by atoms with Gasteiger partial charge in [-0.3, -0.25) is 0 Å². The molecule has 0 atom stereocenters. The summed E-state index contributed by atoms with van der Waals surface area (Å²) in [6, 6.07) is 32.6. The maximum Gasteiger partial charge on any atom is 0.134 e. The second-order valence-corrected chi connectivity index (χ2v) is 22.9. The van der Waals surface area contributed by atoms with E-state index in [-0.39, 0.29) is 25.5 Å². The van der Waals surface area contributed by atoms with Crippen LogP contribution in [0.25, 0.3) is 55.6 Å². The van der Waals surface area contributed by atoms with Gasteiger partial charge in [-0.15, -0.1) is 34.9 Å². The number of aryl methyl sites for hydroxylation is 2. The van der Waals surface area contributed by atoms with E-state index in [4.69, 9.17) is 4.42 Å². The molecule has 7 aromatic rings. The third-order valence-corrected chi connectivity index (χ3v) is 12.6. The molecule has 0 fully saturated rings. The van der Waals surface area contributed by atoms with Crippen LogP contribution in [-0.2, 0) is 26.5 Å². The van der Waals surface area contributed by atoms with Crippen molar-refractivity contribution in [2.24, 2.45) is 5.41 Å². The van der Waals surface area contributed by atoms with Crippen LogP contribution in [-0.4, -0.2) is 8.07 Å². The largest absolute Gasteiger partial charge is 0.469 e. The first-order chi connectivity index (χ1) is 25.8. The number of aromatic nitrogens is 2. The van der Waals surface area contributed by atoms with Crippen LogP contribution in [0.5, 0.6) is 0 Å². The van der Waals surface area contributed by atoms with Gasteiger partial charge in [-0.2, -0.15) is 31.0 Å². The van der Waals surface area contributed by atoms with Gasteiger partial charge in [-0.25, -0.2) is 0 Å². The van der Waals surface area contributed by atoms with Crippen molar-refractivity contribution < 1.29 is 33.7 Å². The van der Waals surface area contributed by atoms with Crippen molar-refractivity contribution in [3.8, 4) is 33.6 Å². The Morgan fingerprint density at radius 3 is 1.93 bits per heavy atom. The number of furan rings is 1. The molecule has 56 heavy (non-hydrogen) atoms. The van der Waals surface area contributed by atoms with Gasteiger partial charge < -0.3 is 13.6 Å². The van der Waals surface area contributed by atoms with Crippen LogP contribution in [0, 0.1) is 47.2 Å². The van der Waals surface area contributed by atoms with Gasteiger partial charge >= 0.3 is 0 Å². The predicted octanol–water partition coefficient (Wildman–Crippen LogP) is 12.4. The predicted molar refractivity (Wildman–Crippen MR) is 237 cm³/mol. The first-order valence-corrected chi connectivity index (χ1v) is 22.9. The number of benzene rings is 4. The molecule has 5 heteroatoms. The molecule has 0 N–H and O–H groups in total. The molecule has 0 saturated heterocycles. The molecule has 0 unspecified atom stereocenters. The van der Waals surface area contributed by atoms with Crippen LogP contribution in [0.3, 0.4) is 0 Å².